The van der Waals surface area contributed by atoms with Gasteiger partial charge in [0.05, 0.1) is 12.7 Å². The van der Waals surface area contributed by atoms with Gasteiger partial charge in [-0.05, 0) is 13.3 Å². The number of aryl methyl sites for hydroxylation is 1. The van der Waals surface area contributed by atoms with E-state index in [4.69, 9.17) is 4.74 Å². The fraction of sp³-hybridized carbons (Fsp3) is 0.692. The normalized spacial score (nSPS) is 12.3. The van der Waals surface area contributed by atoms with E-state index in [9.17, 15) is 5.11 Å². The Morgan fingerprint density at radius 2 is 2.21 bits per heavy atom. The second-order valence-corrected chi connectivity index (χ2v) is 4.61. The van der Waals surface area contributed by atoms with Crippen LogP contribution in [0.25, 0.3) is 0 Å². The number of aliphatic hydroxyl groups excluding tert-OH is 1. The molecule has 1 aromatic rings. The molecular formula is C13H24N4O2. The van der Waals surface area contributed by atoms with Crippen LogP contribution >= 0.6 is 0 Å². The number of nitrogens with zero attached hydrogens (tertiary/aromatic N) is 3. The Morgan fingerprint density at radius 1 is 1.47 bits per heavy atom. The predicted octanol–water partition coefficient (Wildman–Crippen LogP) is 1.05. The predicted molar refractivity (Wildman–Crippen MR) is 76.7 cm³/mol. The first-order valence-electron chi connectivity index (χ1n) is 6.54. The third kappa shape index (κ3) is 5.40. The number of likely N-dealkylation sites (N-methyl/N-ethyl adjacent to an activating group) is 1. The number of methoxy groups -OCH3 is 1. The lowest BCUT2D eigenvalue weighted by molar-refractivity contribution is 0.0694. The van der Waals surface area contributed by atoms with Crippen LogP contribution < -0.4 is 10.2 Å². The van der Waals surface area contributed by atoms with Crippen molar-refractivity contribution in [1.82, 2.24) is 9.97 Å². The average Bonchev–Trinajstić information content (AvgIpc) is 2.36. The number of anilines is 2. The van der Waals surface area contributed by atoms with Gasteiger partial charge >= 0.3 is 0 Å². The molecule has 2 N–H and O–H groups in total. The SMILES string of the molecule is CCCNc1nc(C)cc(N(C)CC(O)COC)n1. The summed E-state index contributed by atoms with van der Waals surface area (Å²) in [6, 6.07) is 1.90. The number of hydrogen-bond donors (Lipinski definition) is 2. The molecule has 0 fully saturated rings. The van der Waals surface area contributed by atoms with E-state index in [0.29, 0.717) is 19.1 Å². The molecule has 1 atom stereocenters. The molecule has 0 radical (unpaired) electrons. The molecule has 0 bridgehead atoms. The minimum atomic E-state index is -0.530. The van der Waals surface area contributed by atoms with Crippen molar-refractivity contribution in [3.05, 3.63) is 11.8 Å². The van der Waals surface area contributed by atoms with Crippen LogP contribution in [0.15, 0.2) is 6.07 Å². The fourth-order valence-corrected chi connectivity index (χ4v) is 1.72. The number of ether oxygens (including phenoxy) is 1. The van der Waals surface area contributed by atoms with Gasteiger partial charge in [-0.25, -0.2) is 4.98 Å². The monoisotopic (exact) mass is 268 g/mol. The summed E-state index contributed by atoms with van der Waals surface area (Å²) < 4.78 is 4.92. The van der Waals surface area contributed by atoms with E-state index in [0.717, 1.165) is 24.5 Å². The highest BCUT2D eigenvalue weighted by molar-refractivity contribution is 5.44. The van der Waals surface area contributed by atoms with E-state index in [1.807, 2.05) is 24.9 Å². The number of hydrogen-bond acceptors (Lipinski definition) is 6. The van der Waals surface area contributed by atoms with Crippen molar-refractivity contribution in [3.63, 3.8) is 0 Å². The maximum Gasteiger partial charge on any atom is 0.224 e. The van der Waals surface area contributed by atoms with Gasteiger partial charge in [0.2, 0.25) is 5.95 Å². The van der Waals surface area contributed by atoms with Crippen LogP contribution in [0.3, 0.4) is 0 Å². The maximum absolute atomic E-state index is 9.74. The van der Waals surface area contributed by atoms with Crippen LogP contribution in [-0.2, 0) is 4.74 Å². The van der Waals surface area contributed by atoms with Crippen LogP contribution in [0.4, 0.5) is 11.8 Å². The molecular weight excluding hydrogens is 244 g/mol. The Balaban J connectivity index is 2.72. The van der Waals surface area contributed by atoms with Crippen molar-refractivity contribution in [1.29, 1.82) is 0 Å². The van der Waals surface area contributed by atoms with E-state index < -0.39 is 6.10 Å². The highest BCUT2D eigenvalue weighted by Crippen LogP contribution is 2.13. The topological polar surface area (TPSA) is 70.5 Å². The summed E-state index contributed by atoms with van der Waals surface area (Å²) in [4.78, 5) is 10.7. The van der Waals surface area contributed by atoms with E-state index in [1.54, 1.807) is 7.11 Å². The molecule has 0 aromatic carbocycles. The Morgan fingerprint density at radius 3 is 2.84 bits per heavy atom. The fourth-order valence-electron chi connectivity index (χ4n) is 1.72. The second kappa shape index (κ2) is 7.91. The zero-order valence-corrected chi connectivity index (χ0v) is 12.2. The summed E-state index contributed by atoms with van der Waals surface area (Å²) in [6.07, 6.45) is 0.493. The van der Waals surface area contributed by atoms with Gasteiger partial charge in [0.15, 0.2) is 0 Å². The van der Waals surface area contributed by atoms with Crippen LogP contribution in [0, 0.1) is 6.92 Å². The highest BCUT2D eigenvalue weighted by Gasteiger charge is 2.11. The lowest BCUT2D eigenvalue weighted by Gasteiger charge is -2.22. The molecule has 0 spiro atoms. The molecule has 108 valence electrons. The molecule has 1 aromatic heterocycles. The molecule has 1 rings (SSSR count). The average molecular weight is 268 g/mol. The van der Waals surface area contributed by atoms with Crippen molar-refractivity contribution < 1.29 is 9.84 Å². The van der Waals surface area contributed by atoms with Crippen LogP contribution in [0.2, 0.25) is 0 Å². The summed E-state index contributed by atoms with van der Waals surface area (Å²) >= 11 is 0. The van der Waals surface area contributed by atoms with Gasteiger partial charge in [-0.15, -0.1) is 0 Å². The van der Waals surface area contributed by atoms with E-state index in [1.165, 1.54) is 0 Å². The lowest BCUT2D eigenvalue weighted by Crippen LogP contribution is -2.32. The number of rotatable bonds is 8. The minimum absolute atomic E-state index is 0.315. The zero-order chi connectivity index (χ0) is 14.3. The second-order valence-electron chi connectivity index (χ2n) is 4.61. The van der Waals surface area contributed by atoms with Gasteiger partial charge in [0.1, 0.15) is 5.82 Å². The summed E-state index contributed by atoms with van der Waals surface area (Å²) in [7, 11) is 3.47. The molecule has 1 heterocycles. The molecule has 0 amide bonds. The van der Waals surface area contributed by atoms with Crippen molar-refractivity contribution in [3.8, 4) is 0 Å². The largest absolute Gasteiger partial charge is 0.389 e. The molecule has 0 saturated heterocycles. The Kier molecular flexibility index (Phi) is 6.52. The van der Waals surface area contributed by atoms with Crippen LogP contribution in [-0.4, -0.2) is 55.0 Å². The quantitative estimate of drug-likeness (QED) is 0.734. The van der Waals surface area contributed by atoms with Gasteiger partial charge in [0, 0.05) is 39.0 Å². The summed E-state index contributed by atoms with van der Waals surface area (Å²) in [5.41, 5.74) is 0.900. The smallest absolute Gasteiger partial charge is 0.224 e. The van der Waals surface area contributed by atoms with Gasteiger partial charge in [-0.3, -0.25) is 0 Å². The van der Waals surface area contributed by atoms with E-state index >= 15 is 0 Å². The standard InChI is InChI=1S/C13H24N4O2/c1-5-6-14-13-15-10(2)7-12(16-13)17(3)8-11(18)9-19-4/h7,11,18H,5-6,8-9H2,1-4H3,(H,14,15,16). The minimum Gasteiger partial charge on any atom is -0.389 e. The third-order valence-electron chi connectivity index (χ3n) is 2.61. The molecule has 0 aliphatic carbocycles. The van der Waals surface area contributed by atoms with Crippen molar-refractivity contribution in [2.75, 3.05) is 44.1 Å². The Hall–Kier alpha value is -1.40. The van der Waals surface area contributed by atoms with E-state index in [-0.39, 0.29) is 0 Å². The first-order chi connectivity index (χ1) is 9.06. The number of nitrogens with one attached hydrogen (secondary N) is 1. The summed E-state index contributed by atoms with van der Waals surface area (Å²) in [5, 5.41) is 12.9. The van der Waals surface area contributed by atoms with Crippen molar-refractivity contribution in [2.45, 2.75) is 26.4 Å². The van der Waals surface area contributed by atoms with Gasteiger partial charge in [0.25, 0.3) is 0 Å². The maximum atomic E-state index is 9.74. The van der Waals surface area contributed by atoms with Gasteiger partial charge < -0.3 is 20.1 Å². The molecule has 0 aliphatic rings. The molecule has 6 heteroatoms. The Bertz CT molecular complexity index is 387. The Labute approximate surface area is 114 Å². The van der Waals surface area contributed by atoms with E-state index in [2.05, 4.69) is 22.2 Å². The highest BCUT2D eigenvalue weighted by atomic mass is 16.5. The van der Waals surface area contributed by atoms with Crippen LogP contribution in [0.1, 0.15) is 19.0 Å². The third-order valence-corrected chi connectivity index (χ3v) is 2.61. The lowest BCUT2D eigenvalue weighted by atomic mass is 10.3. The molecule has 6 nitrogen and oxygen atoms in total. The first kappa shape index (κ1) is 15.7. The molecule has 0 aliphatic heterocycles. The summed E-state index contributed by atoms with van der Waals surface area (Å²) in [5.74, 6) is 1.42. The molecule has 1 unspecified atom stereocenters. The summed E-state index contributed by atoms with van der Waals surface area (Å²) in [6.45, 7) is 5.66. The number of aromatic nitrogens is 2. The van der Waals surface area contributed by atoms with Crippen molar-refractivity contribution in [2.24, 2.45) is 0 Å². The zero-order valence-electron chi connectivity index (χ0n) is 12.2. The number of aliphatic hydroxyl groups is 1. The molecule has 19 heavy (non-hydrogen) atoms. The first-order valence-corrected chi connectivity index (χ1v) is 6.54. The van der Waals surface area contributed by atoms with Gasteiger partial charge in [-0.1, -0.05) is 6.92 Å². The van der Waals surface area contributed by atoms with Crippen LogP contribution in [0.5, 0.6) is 0 Å². The molecule has 0 saturated carbocycles. The van der Waals surface area contributed by atoms with Gasteiger partial charge in [-0.2, -0.15) is 4.98 Å². The van der Waals surface area contributed by atoms with Crippen molar-refractivity contribution >= 4 is 11.8 Å².